The summed E-state index contributed by atoms with van der Waals surface area (Å²) in [6.45, 7) is 0.266. The number of aromatic carboxylic acids is 1. The number of nitrogens with one attached hydrogen (secondary N) is 1. The second-order valence-corrected chi connectivity index (χ2v) is 8.27. The number of carboxylic acid groups (broad SMARTS) is 1. The van der Waals surface area contributed by atoms with Gasteiger partial charge in [-0.15, -0.1) is 0 Å². The van der Waals surface area contributed by atoms with E-state index >= 15 is 0 Å². The number of amides is 4. The molecule has 1 heterocycles. The van der Waals surface area contributed by atoms with E-state index in [1.54, 1.807) is 24.3 Å². The molecule has 0 radical (unpaired) electrons. The smallest absolute Gasteiger partial charge is 0.335 e. The Morgan fingerprint density at radius 1 is 0.865 bits per heavy atom. The number of ether oxygens (including phenoxy) is 1. The number of carboxylic acids is 1. The van der Waals surface area contributed by atoms with Crippen LogP contribution in [-0.2, 0) is 16.2 Å². The second kappa shape index (κ2) is 9.79. The monoisotopic (exact) mass is 492 g/mol. The van der Waals surface area contributed by atoms with E-state index in [0.29, 0.717) is 11.3 Å². The van der Waals surface area contributed by atoms with Crippen molar-refractivity contribution >= 4 is 46.4 Å². The van der Waals surface area contributed by atoms with Crippen molar-refractivity contribution in [1.82, 2.24) is 5.32 Å². The Balaban J connectivity index is 1.44. The van der Waals surface area contributed by atoms with Gasteiger partial charge in [0.15, 0.2) is 0 Å². The highest BCUT2D eigenvalue weighted by Crippen LogP contribution is 2.27. The lowest BCUT2D eigenvalue weighted by Gasteiger charge is -2.26. The number of rotatable bonds is 6. The van der Waals surface area contributed by atoms with Crippen LogP contribution in [0.25, 0.3) is 16.8 Å². The van der Waals surface area contributed by atoms with Crippen LogP contribution in [0, 0.1) is 0 Å². The zero-order valence-corrected chi connectivity index (χ0v) is 19.4. The maximum atomic E-state index is 13.2. The van der Waals surface area contributed by atoms with Crippen molar-refractivity contribution in [2.45, 2.75) is 6.61 Å². The van der Waals surface area contributed by atoms with Gasteiger partial charge in [-0.05, 0) is 52.7 Å². The largest absolute Gasteiger partial charge is 0.488 e. The molecule has 0 saturated carbocycles. The summed E-state index contributed by atoms with van der Waals surface area (Å²) in [7, 11) is 0. The van der Waals surface area contributed by atoms with Crippen molar-refractivity contribution in [1.29, 1.82) is 0 Å². The van der Waals surface area contributed by atoms with Gasteiger partial charge in [0.25, 0.3) is 11.8 Å². The average molecular weight is 492 g/mol. The van der Waals surface area contributed by atoms with Crippen LogP contribution in [0.15, 0.2) is 96.6 Å². The molecule has 0 bridgehead atoms. The number of imide groups is 2. The molecule has 182 valence electrons. The summed E-state index contributed by atoms with van der Waals surface area (Å²) in [4.78, 5) is 50.2. The third-order valence-electron chi connectivity index (χ3n) is 5.96. The first-order valence-electron chi connectivity index (χ1n) is 11.4. The van der Waals surface area contributed by atoms with Crippen LogP contribution in [0.1, 0.15) is 21.5 Å². The van der Waals surface area contributed by atoms with Crippen LogP contribution in [0.3, 0.4) is 0 Å². The summed E-state index contributed by atoms with van der Waals surface area (Å²) in [6.07, 6.45) is 1.38. The first-order chi connectivity index (χ1) is 17.9. The van der Waals surface area contributed by atoms with E-state index in [1.807, 2.05) is 42.5 Å². The van der Waals surface area contributed by atoms with Gasteiger partial charge in [-0.1, -0.05) is 60.7 Å². The van der Waals surface area contributed by atoms with Crippen LogP contribution in [0.2, 0.25) is 0 Å². The van der Waals surface area contributed by atoms with E-state index in [-0.39, 0.29) is 23.4 Å². The lowest BCUT2D eigenvalue weighted by Crippen LogP contribution is -2.54. The molecule has 4 aromatic carbocycles. The summed E-state index contributed by atoms with van der Waals surface area (Å²) in [5, 5.41) is 13.4. The molecule has 37 heavy (non-hydrogen) atoms. The molecule has 4 aromatic rings. The molecule has 8 heteroatoms. The number of benzene rings is 4. The van der Waals surface area contributed by atoms with E-state index < -0.39 is 23.8 Å². The predicted octanol–water partition coefficient (Wildman–Crippen LogP) is 4.78. The van der Waals surface area contributed by atoms with Gasteiger partial charge >= 0.3 is 12.0 Å². The number of fused-ring (bicyclic) bond motifs is 1. The molecule has 1 aliphatic heterocycles. The fraction of sp³-hybridized carbons (Fsp3) is 0.0345. The number of urea groups is 1. The standard InChI is InChI=1S/C29H20N2O6/c32-26-24(27(33)31(29(36)30-26)22-14-12-19(13-15-22)28(34)35)16-20-7-2-4-11-25(20)37-17-21-9-5-8-18-6-1-3-10-23(18)21/h1-16H,17H2,(H,34,35)(H,30,32,36)/b24-16+. The summed E-state index contributed by atoms with van der Waals surface area (Å²) in [6, 6.07) is 25.2. The van der Waals surface area contributed by atoms with Gasteiger partial charge in [0, 0.05) is 5.56 Å². The number of nitrogens with zero attached hydrogens (tertiary/aromatic N) is 1. The minimum Gasteiger partial charge on any atom is -0.488 e. The van der Waals surface area contributed by atoms with Gasteiger partial charge in [0.05, 0.1) is 11.3 Å². The highest BCUT2D eigenvalue weighted by molar-refractivity contribution is 6.39. The fourth-order valence-corrected chi connectivity index (χ4v) is 4.11. The number of anilines is 1. The van der Waals surface area contributed by atoms with E-state index in [2.05, 4.69) is 5.32 Å². The molecule has 0 aromatic heterocycles. The Labute approximate surface area is 211 Å². The molecule has 8 nitrogen and oxygen atoms in total. The highest BCUT2D eigenvalue weighted by Gasteiger charge is 2.37. The van der Waals surface area contributed by atoms with Crippen molar-refractivity contribution in [3.63, 3.8) is 0 Å². The maximum Gasteiger partial charge on any atom is 0.335 e. The van der Waals surface area contributed by atoms with Crippen LogP contribution >= 0.6 is 0 Å². The van der Waals surface area contributed by atoms with E-state index in [1.165, 1.54) is 30.3 Å². The second-order valence-electron chi connectivity index (χ2n) is 8.27. The number of barbiturate groups is 1. The molecule has 5 rings (SSSR count). The Bertz CT molecular complexity index is 1580. The predicted molar refractivity (Wildman–Crippen MR) is 137 cm³/mol. The molecule has 0 aliphatic carbocycles. The quantitative estimate of drug-likeness (QED) is 0.296. The van der Waals surface area contributed by atoms with E-state index in [0.717, 1.165) is 21.2 Å². The zero-order valence-electron chi connectivity index (χ0n) is 19.4. The molecule has 0 unspecified atom stereocenters. The minimum absolute atomic E-state index is 0.00210. The molecule has 1 aliphatic rings. The molecule has 4 amide bonds. The van der Waals surface area contributed by atoms with Crippen molar-refractivity contribution in [2.24, 2.45) is 0 Å². The Hall–Kier alpha value is -5.24. The molecular weight excluding hydrogens is 472 g/mol. The highest BCUT2D eigenvalue weighted by atomic mass is 16.5. The van der Waals surface area contributed by atoms with E-state index in [9.17, 15) is 19.2 Å². The molecule has 0 atom stereocenters. The Morgan fingerprint density at radius 2 is 1.57 bits per heavy atom. The topological polar surface area (TPSA) is 113 Å². The number of carbonyl (C=O) groups excluding carboxylic acids is 3. The van der Waals surface area contributed by atoms with Gasteiger partial charge in [0.1, 0.15) is 17.9 Å². The maximum absolute atomic E-state index is 13.2. The first kappa shape index (κ1) is 23.5. The molecule has 2 N–H and O–H groups in total. The normalized spacial score (nSPS) is 14.6. The van der Waals surface area contributed by atoms with E-state index in [4.69, 9.17) is 9.84 Å². The number of hydrogen-bond donors (Lipinski definition) is 2. The van der Waals surface area contributed by atoms with Gasteiger partial charge in [-0.2, -0.15) is 0 Å². The minimum atomic E-state index is -1.14. The zero-order chi connectivity index (χ0) is 25.9. The van der Waals surface area contributed by atoms with Crippen LogP contribution in [0.4, 0.5) is 10.5 Å². The summed E-state index contributed by atoms with van der Waals surface area (Å²) < 4.78 is 6.09. The number of para-hydroxylation sites is 1. The van der Waals surface area contributed by atoms with Crippen molar-refractivity contribution in [2.75, 3.05) is 4.90 Å². The van der Waals surface area contributed by atoms with Gasteiger partial charge in [-0.25, -0.2) is 14.5 Å². The van der Waals surface area contributed by atoms with Crippen LogP contribution in [-0.4, -0.2) is 28.9 Å². The first-order valence-corrected chi connectivity index (χ1v) is 11.4. The van der Waals surface area contributed by atoms with Gasteiger partial charge < -0.3 is 9.84 Å². The van der Waals surface area contributed by atoms with Crippen molar-refractivity contribution in [3.8, 4) is 5.75 Å². The third kappa shape index (κ3) is 4.68. The number of hydrogen-bond acceptors (Lipinski definition) is 5. The lowest BCUT2D eigenvalue weighted by atomic mass is 10.0. The molecular formula is C29H20N2O6. The third-order valence-corrected chi connectivity index (χ3v) is 5.96. The Morgan fingerprint density at radius 3 is 2.35 bits per heavy atom. The van der Waals surface area contributed by atoms with Crippen LogP contribution in [0.5, 0.6) is 5.75 Å². The Kier molecular flexibility index (Phi) is 6.22. The van der Waals surface area contributed by atoms with Gasteiger partial charge in [-0.3, -0.25) is 14.9 Å². The fourth-order valence-electron chi connectivity index (χ4n) is 4.11. The SMILES string of the molecule is O=C1NC(=O)N(c2ccc(C(=O)O)cc2)C(=O)/C1=C/c1ccccc1OCc1cccc2ccccc12. The summed E-state index contributed by atoms with van der Waals surface area (Å²) in [5.41, 5.74) is 1.33. The van der Waals surface area contributed by atoms with Crippen molar-refractivity contribution < 1.29 is 29.0 Å². The van der Waals surface area contributed by atoms with Crippen molar-refractivity contribution in [3.05, 3.63) is 113 Å². The lowest BCUT2D eigenvalue weighted by molar-refractivity contribution is -0.122. The average Bonchev–Trinajstić information content (AvgIpc) is 2.90. The summed E-state index contributed by atoms with van der Waals surface area (Å²) >= 11 is 0. The van der Waals surface area contributed by atoms with Gasteiger partial charge in [0.2, 0.25) is 0 Å². The molecule has 1 fully saturated rings. The summed E-state index contributed by atoms with van der Waals surface area (Å²) in [5.74, 6) is -2.35. The van der Waals surface area contributed by atoms with Crippen LogP contribution < -0.4 is 15.0 Å². The number of carbonyl (C=O) groups is 4. The molecule has 1 saturated heterocycles. The molecule has 0 spiro atoms.